The van der Waals surface area contributed by atoms with Gasteiger partial charge in [-0.3, -0.25) is 0 Å². The molecular weight excluding hydrogens is 310 g/mol. The molecule has 0 saturated heterocycles. The van der Waals surface area contributed by atoms with Crippen molar-refractivity contribution in [3.05, 3.63) is 71.8 Å². The molecule has 0 spiro atoms. The molecule has 1 aliphatic rings. The summed E-state index contributed by atoms with van der Waals surface area (Å²) in [5.74, 6) is 1.29. The van der Waals surface area contributed by atoms with Gasteiger partial charge in [-0.2, -0.15) is 0 Å². The number of fused-ring (bicyclic) bond motifs is 2. The fourth-order valence-electron chi connectivity index (χ4n) is 3.39. The monoisotopic (exact) mass is 331 g/mol. The highest BCUT2D eigenvalue weighted by molar-refractivity contribution is 5.90. The van der Waals surface area contributed by atoms with Crippen molar-refractivity contribution in [3.63, 3.8) is 0 Å². The smallest absolute Gasteiger partial charge is 0.153 e. The van der Waals surface area contributed by atoms with Crippen molar-refractivity contribution >= 4 is 22.3 Å². The largest absolute Gasteiger partial charge is 0.481 e. The minimum atomic E-state index is -0.184. The van der Waals surface area contributed by atoms with Crippen LogP contribution in [0.15, 0.2) is 65.7 Å². The Bertz CT molecular complexity index is 959. The van der Waals surface area contributed by atoms with Gasteiger partial charge in [0.05, 0.1) is 6.04 Å². The Balaban J connectivity index is 1.82. The van der Waals surface area contributed by atoms with Crippen LogP contribution in [-0.2, 0) is 0 Å². The van der Waals surface area contributed by atoms with Crippen LogP contribution in [0.25, 0.3) is 10.8 Å². The third kappa shape index (κ3) is 2.75. The summed E-state index contributed by atoms with van der Waals surface area (Å²) in [4.78, 5) is 4.50. The summed E-state index contributed by atoms with van der Waals surface area (Å²) in [5, 5.41) is 5.91. The van der Waals surface area contributed by atoms with E-state index in [4.69, 9.17) is 10.5 Å². The highest BCUT2D eigenvalue weighted by atomic mass is 16.5. The van der Waals surface area contributed by atoms with Gasteiger partial charge in [-0.1, -0.05) is 48.5 Å². The number of amidine groups is 1. The molecule has 4 heteroatoms. The number of rotatable bonds is 3. The Kier molecular flexibility index (Phi) is 3.90. The molecule has 0 aromatic heterocycles. The number of aliphatic imine (C=N–C) groups is 1. The van der Waals surface area contributed by atoms with Crippen LogP contribution in [0.1, 0.15) is 24.1 Å². The van der Waals surface area contributed by atoms with Crippen molar-refractivity contribution in [2.75, 3.05) is 7.05 Å². The first kappa shape index (κ1) is 15.7. The van der Waals surface area contributed by atoms with E-state index in [0.29, 0.717) is 5.84 Å². The van der Waals surface area contributed by atoms with Crippen molar-refractivity contribution in [2.24, 2.45) is 10.7 Å². The average molecular weight is 331 g/mol. The van der Waals surface area contributed by atoms with Crippen LogP contribution in [0.5, 0.6) is 5.75 Å². The zero-order chi connectivity index (χ0) is 17.4. The number of nitrogens with zero attached hydrogens (tertiary/aromatic N) is 1. The molecule has 3 aromatic carbocycles. The van der Waals surface area contributed by atoms with Gasteiger partial charge in [-0.15, -0.1) is 0 Å². The standard InChI is InChI=1S/C21H21N3O/c1-13-21(22)24-18-12-15(10-11-19(18)25-13)20(23-2)17-9-5-7-14-6-3-4-8-16(14)17/h3-13,20,23H,1-2H3,(H2,22,24). The van der Waals surface area contributed by atoms with Gasteiger partial charge in [0.2, 0.25) is 0 Å². The van der Waals surface area contributed by atoms with Gasteiger partial charge in [-0.05, 0) is 48.0 Å². The van der Waals surface area contributed by atoms with E-state index in [1.165, 1.54) is 16.3 Å². The van der Waals surface area contributed by atoms with Crippen LogP contribution < -0.4 is 15.8 Å². The van der Waals surface area contributed by atoms with E-state index in [-0.39, 0.29) is 12.1 Å². The molecule has 25 heavy (non-hydrogen) atoms. The second kappa shape index (κ2) is 6.22. The van der Waals surface area contributed by atoms with Crippen LogP contribution >= 0.6 is 0 Å². The first-order valence-electron chi connectivity index (χ1n) is 8.47. The fraction of sp³-hybridized carbons (Fsp3) is 0.190. The predicted molar refractivity (Wildman–Crippen MR) is 103 cm³/mol. The first-order valence-corrected chi connectivity index (χ1v) is 8.47. The van der Waals surface area contributed by atoms with Crippen LogP contribution in [0, 0.1) is 0 Å². The van der Waals surface area contributed by atoms with Gasteiger partial charge in [0.15, 0.2) is 6.10 Å². The minimum absolute atomic E-state index is 0.0622. The lowest BCUT2D eigenvalue weighted by Crippen LogP contribution is -2.33. The minimum Gasteiger partial charge on any atom is -0.481 e. The third-order valence-electron chi connectivity index (χ3n) is 4.71. The molecule has 1 heterocycles. The molecule has 2 atom stereocenters. The van der Waals surface area contributed by atoms with Crippen LogP contribution in [0.2, 0.25) is 0 Å². The molecule has 0 saturated carbocycles. The molecule has 4 rings (SSSR count). The molecule has 2 unspecified atom stereocenters. The zero-order valence-corrected chi connectivity index (χ0v) is 14.4. The number of benzene rings is 3. The van der Waals surface area contributed by atoms with Gasteiger partial charge in [0.1, 0.15) is 17.3 Å². The van der Waals surface area contributed by atoms with E-state index in [0.717, 1.165) is 17.0 Å². The lowest BCUT2D eigenvalue weighted by molar-refractivity contribution is 0.281. The average Bonchev–Trinajstić information content (AvgIpc) is 2.64. The molecule has 126 valence electrons. The SMILES string of the molecule is CNC(c1ccc2c(c1)N=C(N)C(C)O2)c1cccc2ccccc12. The van der Waals surface area contributed by atoms with E-state index in [1.807, 2.05) is 20.0 Å². The molecule has 0 fully saturated rings. The Morgan fingerprint density at radius 3 is 2.72 bits per heavy atom. The normalized spacial score (nSPS) is 17.5. The first-order chi connectivity index (χ1) is 12.2. The molecule has 4 nitrogen and oxygen atoms in total. The highest BCUT2D eigenvalue weighted by Gasteiger charge is 2.21. The van der Waals surface area contributed by atoms with Crippen LogP contribution in [0.3, 0.4) is 0 Å². The van der Waals surface area contributed by atoms with E-state index < -0.39 is 0 Å². The maximum absolute atomic E-state index is 5.95. The summed E-state index contributed by atoms with van der Waals surface area (Å²) >= 11 is 0. The van der Waals surface area contributed by atoms with Crippen LogP contribution in [-0.4, -0.2) is 19.0 Å². The van der Waals surface area contributed by atoms with Gasteiger partial charge < -0.3 is 15.8 Å². The Labute approximate surface area is 147 Å². The molecule has 1 aliphatic heterocycles. The number of nitrogens with two attached hydrogens (primary N) is 1. The number of ether oxygens (including phenoxy) is 1. The predicted octanol–water partition coefficient (Wildman–Crippen LogP) is 3.92. The molecule has 0 aliphatic carbocycles. The second-order valence-corrected chi connectivity index (χ2v) is 6.31. The molecule has 3 aromatic rings. The van der Waals surface area contributed by atoms with Gasteiger partial charge in [-0.25, -0.2) is 4.99 Å². The number of hydrogen-bond acceptors (Lipinski definition) is 4. The lowest BCUT2D eigenvalue weighted by Gasteiger charge is -2.24. The summed E-state index contributed by atoms with van der Waals surface area (Å²) in [6.07, 6.45) is -0.184. The lowest BCUT2D eigenvalue weighted by atomic mass is 9.93. The molecular formula is C21H21N3O. The van der Waals surface area contributed by atoms with Crippen molar-refractivity contribution < 1.29 is 4.74 Å². The zero-order valence-electron chi connectivity index (χ0n) is 14.4. The van der Waals surface area contributed by atoms with Gasteiger partial charge >= 0.3 is 0 Å². The Morgan fingerprint density at radius 2 is 1.88 bits per heavy atom. The van der Waals surface area contributed by atoms with E-state index in [9.17, 15) is 0 Å². The Hall–Kier alpha value is -2.85. The quantitative estimate of drug-likeness (QED) is 0.765. The second-order valence-electron chi connectivity index (χ2n) is 6.31. The highest BCUT2D eigenvalue weighted by Crippen LogP contribution is 2.36. The van der Waals surface area contributed by atoms with Crippen molar-refractivity contribution in [1.29, 1.82) is 0 Å². The van der Waals surface area contributed by atoms with Crippen molar-refractivity contribution in [2.45, 2.75) is 19.1 Å². The van der Waals surface area contributed by atoms with Crippen molar-refractivity contribution in [1.82, 2.24) is 5.32 Å². The number of nitrogens with one attached hydrogen (secondary N) is 1. The fourth-order valence-corrected chi connectivity index (χ4v) is 3.39. The van der Waals surface area contributed by atoms with E-state index in [2.05, 4.69) is 64.9 Å². The third-order valence-corrected chi connectivity index (χ3v) is 4.71. The van der Waals surface area contributed by atoms with Crippen molar-refractivity contribution in [3.8, 4) is 5.75 Å². The summed E-state index contributed by atoms with van der Waals surface area (Å²) in [6.45, 7) is 1.90. The Morgan fingerprint density at radius 1 is 1.08 bits per heavy atom. The topological polar surface area (TPSA) is 59.6 Å². The summed E-state index contributed by atoms with van der Waals surface area (Å²) in [7, 11) is 1.97. The van der Waals surface area contributed by atoms with Crippen LogP contribution in [0.4, 0.5) is 5.69 Å². The summed E-state index contributed by atoms with van der Waals surface area (Å²) < 4.78 is 5.81. The maximum Gasteiger partial charge on any atom is 0.153 e. The molecule has 0 radical (unpaired) electrons. The van der Waals surface area contributed by atoms with Gasteiger partial charge in [0.25, 0.3) is 0 Å². The molecule has 3 N–H and O–H groups in total. The van der Waals surface area contributed by atoms with Gasteiger partial charge in [0, 0.05) is 0 Å². The molecule has 0 amide bonds. The summed E-state index contributed by atoms with van der Waals surface area (Å²) in [5.41, 5.74) is 9.10. The number of hydrogen-bond donors (Lipinski definition) is 2. The summed E-state index contributed by atoms with van der Waals surface area (Å²) in [6, 6.07) is 21.0. The van der Waals surface area contributed by atoms with E-state index in [1.54, 1.807) is 0 Å². The maximum atomic E-state index is 5.95. The van der Waals surface area contributed by atoms with E-state index >= 15 is 0 Å². The molecule has 0 bridgehead atoms.